The second-order valence-corrected chi connectivity index (χ2v) is 3.64. The number of ether oxygens (including phenoxy) is 1. The third kappa shape index (κ3) is 3.73. The Hall–Kier alpha value is -1.83. The Balaban J connectivity index is 2.47. The van der Waals surface area contributed by atoms with E-state index in [1.807, 2.05) is 43.3 Å². The zero-order valence-corrected chi connectivity index (χ0v) is 9.69. The van der Waals surface area contributed by atoms with Gasteiger partial charge in [0.2, 0.25) is 0 Å². The summed E-state index contributed by atoms with van der Waals surface area (Å²) in [6.45, 7) is 7.46. The fourth-order valence-electron chi connectivity index (χ4n) is 1.20. The van der Waals surface area contributed by atoms with Gasteiger partial charge in [-0.2, -0.15) is 0 Å². The summed E-state index contributed by atoms with van der Waals surface area (Å²) in [5.41, 5.74) is 2.75. The molecule has 0 aliphatic heterocycles. The maximum atomic E-state index is 11.1. The van der Waals surface area contributed by atoms with E-state index in [9.17, 15) is 4.79 Å². The van der Waals surface area contributed by atoms with Crippen molar-refractivity contribution in [3.63, 3.8) is 0 Å². The van der Waals surface area contributed by atoms with Crippen LogP contribution in [0, 0.1) is 6.92 Å². The van der Waals surface area contributed by atoms with Crippen molar-refractivity contribution in [1.29, 1.82) is 0 Å². The molecule has 0 heterocycles. The van der Waals surface area contributed by atoms with Gasteiger partial charge in [0.25, 0.3) is 0 Å². The molecule has 0 aliphatic rings. The highest BCUT2D eigenvalue weighted by molar-refractivity contribution is 5.87. The molecule has 0 unspecified atom stereocenters. The Kier molecular flexibility index (Phi) is 4.52. The van der Waals surface area contributed by atoms with Gasteiger partial charge in [0, 0.05) is 5.57 Å². The van der Waals surface area contributed by atoms with Crippen LogP contribution in [0.3, 0.4) is 0 Å². The standard InChI is InChI=1S/C14H16O2/c1-11(2)14(15)16-10-6-9-13-8-5-4-7-12(13)3/h4-9H,1,10H2,2-3H3. The minimum atomic E-state index is -0.352. The average Bonchev–Trinajstić information content (AvgIpc) is 2.26. The van der Waals surface area contributed by atoms with Gasteiger partial charge in [-0.25, -0.2) is 4.79 Å². The molecular formula is C14H16O2. The largest absolute Gasteiger partial charge is 0.458 e. The van der Waals surface area contributed by atoms with Crippen LogP contribution in [0.5, 0.6) is 0 Å². The van der Waals surface area contributed by atoms with Crippen LogP contribution in [-0.4, -0.2) is 12.6 Å². The number of carbonyl (C=O) groups is 1. The molecule has 0 fully saturated rings. The van der Waals surface area contributed by atoms with Crippen molar-refractivity contribution in [2.24, 2.45) is 0 Å². The fraction of sp³-hybridized carbons (Fsp3) is 0.214. The molecule has 2 heteroatoms. The molecule has 2 nitrogen and oxygen atoms in total. The zero-order valence-electron chi connectivity index (χ0n) is 9.69. The molecule has 0 spiro atoms. The lowest BCUT2D eigenvalue weighted by Gasteiger charge is -2.01. The summed E-state index contributed by atoms with van der Waals surface area (Å²) in [7, 11) is 0. The number of rotatable bonds is 4. The molecular weight excluding hydrogens is 200 g/mol. The predicted octanol–water partition coefficient (Wildman–Crippen LogP) is 3.13. The minimum absolute atomic E-state index is 0.278. The Morgan fingerprint density at radius 2 is 2.12 bits per heavy atom. The van der Waals surface area contributed by atoms with Gasteiger partial charge >= 0.3 is 5.97 Å². The van der Waals surface area contributed by atoms with Gasteiger partial charge in [0.15, 0.2) is 0 Å². The first-order valence-corrected chi connectivity index (χ1v) is 5.16. The number of hydrogen-bond donors (Lipinski definition) is 0. The van der Waals surface area contributed by atoms with Crippen molar-refractivity contribution in [3.05, 3.63) is 53.6 Å². The molecule has 0 N–H and O–H groups in total. The van der Waals surface area contributed by atoms with Gasteiger partial charge in [0.1, 0.15) is 6.61 Å². The van der Waals surface area contributed by atoms with Crippen LogP contribution < -0.4 is 0 Å². The van der Waals surface area contributed by atoms with E-state index in [0.717, 1.165) is 5.56 Å². The Morgan fingerprint density at radius 3 is 2.75 bits per heavy atom. The Labute approximate surface area is 96.2 Å². The summed E-state index contributed by atoms with van der Waals surface area (Å²) in [5, 5.41) is 0. The first-order chi connectivity index (χ1) is 7.61. The molecule has 0 radical (unpaired) electrons. The van der Waals surface area contributed by atoms with Crippen molar-refractivity contribution >= 4 is 12.0 Å². The van der Waals surface area contributed by atoms with Gasteiger partial charge in [-0.15, -0.1) is 0 Å². The molecule has 84 valence electrons. The quantitative estimate of drug-likeness (QED) is 0.571. The normalized spacial score (nSPS) is 10.4. The van der Waals surface area contributed by atoms with Crippen molar-refractivity contribution in [2.75, 3.05) is 6.61 Å². The molecule has 0 saturated heterocycles. The molecule has 0 amide bonds. The van der Waals surface area contributed by atoms with Crippen molar-refractivity contribution < 1.29 is 9.53 Å². The van der Waals surface area contributed by atoms with Crippen molar-refractivity contribution in [2.45, 2.75) is 13.8 Å². The monoisotopic (exact) mass is 216 g/mol. The predicted molar refractivity (Wildman–Crippen MR) is 66.0 cm³/mol. The Bertz CT molecular complexity index is 416. The van der Waals surface area contributed by atoms with E-state index < -0.39 is 0 Å². The second-order valence-electron chi connectivity index (χ2n) is 3.64. The van der Waals surface area contributed by atoms with Crippen LogP contribution in [0.2, 0.25) is 0 Å². The molecule has 0 aromatic heterocycles. The van der Waals surface area contributed by atoms with Gasteiger partial charge in [0.05, 0.1) is 0 Å². The van der Waals surface area contributed by atoms with Crippen LogP contribution in [-0.2, 0) is 9.53 Å². The third-order valence-corrected chi connectivity index (χ3v) is 2.14. The second kappa shape index (κ2) is 5.91. The van der Waals surface area contributed by atoms with Gasteiger partial charge < -0.3 is 4.74 Å². The van der Waals surface area contributed by atoms with E-state index in [1.165, 1.54) is 5.56 Å². The lowest BCUT2D eigenvalue weighted by atomic mass is 10.1. The van der Waals surface area contributed by atoms with Crippen molar-refractivity contribution in [3.8, 4) is 0 Å². The Morgan fingerprint density at radius 1 is 1.44 bits per heavy atom. The number of hydrogen-bond acceptors (Lipinski definition) is 2. The summed E-state index contributed by atoms with van der Waals surface area (Å²) in [4.78, 5) is 11.1. The highest BCUT2D eigenvalue weighted by atomic mass is 16.5. The highest BCUT2D eigenvalue weighted by Gasteiger charge is 1.99. The molecule has 1 aromatic carbocycles. The van der Waals surface area contributed by atoms with Gasteiger partial charge in [-0.1, -0.05) is 36.9 Å². The van der Waals surface area contributed by atoms with Crippen LogP contribution in [0.25, 0.3) is 6.08 Å². The maximum Gasteiger partial charge on any atom is 0.333 e. The van der Waals surface area contributed by atoms with Crippen LogP contribution in [0.1, 0.15) is 18.1 Å². The zero-order chi connectivity index (χ0) is 12.0. The SMILES string of the molecule is C=C(C)C(=O)OCC=Cc1ccccc1C. The summed E-state index contributed by atoms with van der Waals surface area (Å²) in [6, 6.07) is 8.03. The number of esters is 1. The number of aryl methyl sites for hydroxylation is 1. The smallest absolute Gasteiger partial charge is 0.333 e. The molecule has 0 saturated carbocycles. The number of carbonyl (C=O) groups excluding carboxylic acids is 1. The summed E-state index contributed by atoms with van der Waals surface area (Å²) in [5.74, 6) is -0.352. The lowest BCUT2D eigenvalue weighted by molar-refractivity contribution is -0.137. The highest BCUT2D eigenvalue weighted by Crippen LogP contribution is 2.08. The van der Waals surface area contributed by atoms with Crippen molar-refractivity contribution in [1.82, 2.24) is 0 Å². The van der Waals surface area contributed by atoms with Crippen LogP contribution >= 0.6 is 0 Å². The van der Waals surface area contributed by atoms with Gasteiger partial charge in [-0.05, 0) is 31.1 Å². The maximum absolute atomic E-state index is 11.1. The van der Waals surface area contributed by atoms with Gasteiger partial charge in [-0.3, -0.25) is 0 Å². The molecule has 0 bridgehead atoms. The lowest BCUT2D eigenvalue weighted by Crippen LogP contribution is -2.04. The van der Waals surface area contributed by atoms with Crippen LogP contribution in [0.15, 0.2) is 42.5 Å². The first kappa shape index (κ1) is 12.2. The topological polar surface area (TPSA) is 26.3 Å². The van der Waals surface area contributed by atoms with E-state index >= 15 is 0 Å². The third-order valence-electron chi connectivity index (χ3n) is 2.14. The molecule has 16 heavy (non-hydrogen) atoms. The first-order valence-electron chi connectivity index (χ1n) is 5.16. The molecule has 1 aromatic rings. The summed E-state index contributed by atoms with van der Waals surface area (Å²) < 4.78 is 4.94. The fourth-order valence-corrected chi connectivity index (χ4v) is 1.20. The van der Waals surface area contributed by atoms with E-state index in [2.05, 4.69) is 6.58 Å². The molecule has 0 aliphatic carbocycles. The van der Waals surface area contributed by atoms with E-state index in [1.54, 1.807) is 6.92 Å². The van der Waals surface area contributed by atoms with E-state index in [4.69, 9.17) is 4.74 Å². The summed E-state index contributed by atoms with van der Waals surface area (Å²) in [6.07, 6.45) is 3.77. The molecule has 1 rings (SSSR count). The number of benzene rings is 1. The average molecular weight is 216 g/mol. The van der Waals surface area contributed by atoms with E-state index in [-0.39, 0.29) is 12.6 Å². The minimum Gasteiger partial charge on any atom is -0.458 e. The van der Waals surface area contributed by atoms with Crippen LogP contribution in [0.4, 0.5) is 0 Å². The molecule has 0 atom stereocenters. The summed E-state index contributed by atoms with van der Waals surface area (Å²) >= 11 is 0. The van der Waals surface area contributed by atoms with E-state index in [0.29, 0.717) is 5.57 Å².